The standard InChI is InChI=1S/C22H32N4O2S/c1-4-23-21(25-16-22(2,27)18-9-11-29-15-18)24-13-17-8-10-26(14-17)19-6-5-7-20(12-19)28-3/h5-7,9,11-12,15,17,27H,4,8,10,13-14,16H2,1-3H3,(H2,23,24,25). The van der Waals surface area contributed by atoms with Crippen molar-refractivity contribution >= 4 is 23.0 Å². The Morgan fingerprint density at radius 3 is 2.97 bits per heavy atom. The molecule has 2 aromatic rings. The van der Waals surface area contributed by atoms with Crippen molar-refractivity contribution in [3.8, 4) is 5.75 Å². The first-order valence-electron chi connectivity index (χ1n) is 10.2. The number of nitrogens with one attached hydrogen (secondary N) is 2. The molecule has 0 spiro atoms. The molecule has 0 bridgehead atoms. The number of benzene rings is 1. The quantitative estimate of drug-likeness (QED) is 0.456. The fraction of sp³-hybridized carbons (Fsp3) is 0.500. The molecule has 0 saturated carbocycles. The van der Waals surface area contributed by atoms with Crippen molar-refractivity contribution in [2.24, 2.45) is 10.9 Å². The topological polar surface area (TPSA) is 69.1 Å². The summed E-state index contributed by atoms with van der Waals surface area (Å²) in [6.07, 6.45) is 1.14. The second-order valence-electron chi connectivity index (χ2n) is 7.66. The Kier molecular flexibility index (Phi) is 7.39. The van der Waals surface area contributed by atoms with Gasteiger partial charge in [0.25, 0.3) is 0 Å². The zero-order chi connectivity index (χ0) is 20.7. The number of anilines is 1. The maximum Gasteiger partial charge on any atom is 0.191 e. The number of aliphatic imine (C=N–C) groups is 1. The van der Waals surface area contributed by atoms with E-state index in [4.69, 9.17) is 4.74 Å². The number of hydrogen-bond acceptors (Lipinski definition) is 5. The van der Waals surface area contributed by atoms with E-state index in [1.165, 1.54) is 5.69 Å². The van der Waals surface area contributed by atoms with Gasteiger partial charge in [-0.1, -0.05) is 6.07 Å². The minimum atomic E-state index is -0.959. The average molecular weight is 417 g/mol. The maximum absolute atomic E-state index is 10.7. The first-order chi connectivity index (χ1) is 14.0. The molecule has 0 radical (unpaired) electrons. The van der Waals surface area contributed by atoms with Gasteiger partial charge in [-0.05, 0) is 60.7 Å². The largest absolute Gasteiger partial charge is 0.497 e. The minimum Gasteiger partial charge on any atom is -0.497 e. The summed E-state index contributed by atoms with van der Waals surface area (Å²) < 4.78 is 5.35. The summed E-state index contributed by atoms with van der Waals surface area (Å²) in [6, 6.07) is 10.2. The van der Waals surface area contributed by atoms with Crippen molar-refractivity contribution in [1.29, 1.82) is 0 Å². The molecule has 1 fully saturated rings. The Labute approximate surface area is 177 Å². The van der Waals surface area contributed by atoms with E-state index in [1.54, 1.807) is 18.4 Å². The predicted octanol–water partition coefficient (Wildman–Crippen LogP) is 3.05. The normalized spacial score (nSPS) is 19.1. The highest BCUT2D eigenvalue weighted by molar-refractivity contribution is 7.08. The van der Waals surface area contributed by atoms with Crippen molar-refractivity contribution in [3.63, 3.8) is 0 Å². The molecule has 3 N–H and O–H groups in total. The monoisotopic (exact) mass is 416 g/mol. The molecule has 3 rings (SSSR count). The Balaban J connectivity index is 1.54. The third-order valence-electron chi connectivity index (χ3n) is 5.29. The van der Waals surface area contributed by atoms with Gasteiger partial charge in [-0.2, -0.15) is 11.3 Å². The Morgan fingerprint density at radius 1 is 1.38 bits per heavy atom. The lowest BCUT2D eigenvalue weighted by Crippen LogP contribution is -2.41. The van der Waals surface area contributed by atoms with Crippen LogP contribution in [0.1, 0.15) is 25.8 Å². The van der Waals surface area contributed by atoms with Gasteiger partial charge in [-0.3, -0.25) is 0 Å². The summed E-state index contributed by atoms with van der Waals surface area (Å²) in [5, 5.41) is 21.4. The minimum absolute atomic E-state index is 0.319. The lowest BCUT2D eigenvalue weighted by atomic mass is 10.00. The number of nitrogens with zero attached hydrogens (tertiary/aromatic N) is 2. The molecule has 1 aromatic heterocycles. The van der Waals surface area contributed by atoms with Crippen LogP contribution < -0.4 is 20.3 Å². The summed E-state index contributed by atoms with van der Waals surface area (Å²) in [6.45, 7) is 7.87. The van der Waals surface area contributed by atoms with E-state index in [2.05, 4.69) is 32.7 Å². The molecule has 0 aliphatic carbocycles. The molecule has 1 aromatic carbocycles. The Hall–Kier alpha value is -2.25. The van der Waals surface area contributed by atoms with Gasteiger partial charge in [-0.25, -0.2) is 4.99 Å². The summed E-state index contributed by atoms with van der Waals surface area (Å²) in [5.41, 5.74) is 1.16. The van der Waals surface area contributed by atoms with Gasteiger partial charge in [-0.15, -0.1) is 0 Å². The average Bonchev–Trinajstić information content (AvgIpc) is 3.43. The van der Waals surface area contributed by atoms with Crippen molar-refractivity contribution in [2.75, 3.05) is 44.7 Å². The van der Waals surface area contributed by atoms with Gasteiger partial charge in [0.1, 0.15) is 11.4 Å². The number of ether oxygens (including phenoxy) is 1. The molecule has 2 unspecified atom stereocenters. The fourth-order valence-corrected chi connectivity index (χ4v) is 4.30. The molecule has 2 atom stereocenters. The third-order valence-corrected chi connectivity index (χ3v) is 5.98. The van der Waals surface area contributed by atoms with Gasteiger partial charge in [0, 0.05) is 37.9 Å². The van der Waals surface area contributed by atoms with Crippen LogP contribution in [0, 0.1) is 5.92 Å². The molecule has 6 nitrogen and oxygen atoms in total. The number of guanidine groups is 1. The van der Waals surface area contributed by atoms with Crippen molar-refractivity contribution in [2.45, 2.75) is 25.9 Å². The fourth-order valence-electron chi connectivity index (χ4n) is 3.52. The summed E-state index contributed by atoms with van der Waals surface area (Å²) in [5.74, 6) is 2.19. The molecule has 1 saturated heterocycles. The van der Waals surface area contributed by atoms with Crippen LogP contribution in [0.2, 0.25) is 0 Å². The highest BCUT2D eigenvalue weighted by atomic mass is 32.1. The van der Waals surface area contributed by atoms with Gasteiger partial charge in [0.15, 0.2) is 5.96 Å². The molecule has 1 aliphatic rings. The zero-order valence-electron chi connectivity index (χ0n) is 17.5. The zero-order valence-corrected chi connectivity index (χ0v) is 18.3. The lowest BCUT2D eigenvalue weighted by molar-refractivity contribution is 0.0677. The van der Waals surface area contributed by atoms with E-state index in [0.29, 0.717) is 12.5 Å². The smallest absolute Gasteiger partial charge is 0.191 e. The highest BCUT2D eigenvalue weighted by Crippen LogP contribution is 2.27. The summed E-state index contributed by atoms with van der Waals surface area (Å²) in [7, 11) is 1.70. The van der Waals surface area contributed by atoms with Crippen LogP contribution in [0.25, 0.3) is 0 Å². The van der Waals surface area contributed by atoms with Gasteiger partial charge in [0.2, 0.25) is 0 Å². The number of thiophene rings is 1. The third kappa shape index (κ3) is 5.87. The van der Waals surface area contributed by atoms with Crippen LogP contribution in [0.5, 0.6) is 5.75 Å². The number of rotatable bonds is 8. The van der Waals surface area contributed by atoms with E-state index >= 15 is 0 Å². The second-order valence-corrected chi connectivity index (χ2v) is 8.44. The van der Waals surface area contributed by atoms with Crippen molar-refractivity contribution in [3.05, 3.63) is 46.7 Å². The predicted molar refractivity (Wildman–Crippen MR) is 121 cm³/mol. The molecule has 0 amide bonds. The van der Waals surface area contributed by atoms with Crippen LogP contribution in [0.3, 0.4) is 0 Å². The highest BCUT2D eigenvalue weighted by Gasteiger charge is 2.25. The van der Waals surface area contributed by atoms with Crippen LogP contribution in [-0.2, 0) is 5.60 Å². The molecular weight excluding hydrogens is 384 g/mol. The first kappa shape index (κ1) is 21.5. The Morgan fingerprint density at radius 2 is 2.24 bits per heavy atom. The van der Waals surface area contributed by atoms with Gasteiger partial charge >= 0.3 is 0 Å². The second kappa shape index (κ2) is 9.98. The van der Waals surface area contributed by atoms with Crippen molar-refractivity contribution in [1.82, 2.24) is 10.6 Å². The number of aliphatic hydroxyl groups is 1. The van der Waals surface area contributed by atoms with Crippen molar-refractivity contribution < 1.29 is 9.84 Å². The first-order valence-corrected chi connectivity index (χ1v) is 11.1. The number of hydrogen-bond donors (Lipinski definition) is 3. The summed E-state index contributed by atoms with van der Waals surface area (Å²) in [4.78, 5) is 7.02. The molecule has 1 aliphatic heterocycles. The van der Waals surface area contributed by atoms with Crippen LogP contribution in [0.15, 0.2) is 46.1 Å². The summed E-state index contributed by atoms with van der Waals surface area (Å²) >= 11 is 1.59. The molecular formula is C22H32N4O2S. The molecule has 158 valence electrons. The lowest BCUT2D eigenvalue weighted by Gasteiger charge is -2.22. The number of methoxy groups -OCH3 is 1. The van der Waals surface area contributed by atoms with Gasteiger partial charge in [0.05, 0.1) is 13.7 Å². The van der Waals surface area contributed by atoms with E-state index in [1.807, 2.05) is 42.8 Å². The maximum atomic E-state index is 10.7. The van der Waals surface area contributed by atoms with E-state index < -0.39 is 5.60 Å². The molecule has 7 heteroatoms. The van der Waals surface area contributed by atoms with E-state index in [9.17, 15) is 5.11 Å². The van der Waals surface area contributed by atoms with Crippen LogP contribution in [0.4, 0.5) is 5.69 Å². The Bertz CT molecular complexity index is 792. The van der Waals surface area contributed by atoms with E-state index in [0.717, 1.165) is 49.9 Å². The van der Waals surface area contributed by atoms with Crippen LogP contribution in [-0.4, -0.2) is 50.9 Å². The van der Waals surface area contributed by atoms with Crippen LogP contribution >= 0.6 is 11.3 Å². The molecule has 2 heterocycles. The van der Waals surface area contributed by atoms with E-state index in [-0.39, 0.29) is 0 Å². The SMILES string of the molecule is CCNC(=NCC(C)(O)c1ccsc1)NCC1CCN(c2cccc(OC)c2)C1. The molecule has 29 heavy (non-hydrogen) atoms. The van der Waals surface area contributed by atoms with Gasteiger partial charge < -0.3 is 25.4 Å².